The Hall–Kier alpha value is -0.610. The van der Waals surface area contributed by atoms with E-state index in [2.05, 4.69) is 12.2 Å². The highest BCUT2D eigenvalue weighted by molar-refractivity contribution is 7.84. The molecule has 0 amide bonds. The third-order valence-corrected chi connectivity index (χ3v) is 6.14. The normalized spacial score (nSPS) is 28.4. The first-order valence-electron chi connectivity index (χ1n) is 7.89. The fourth-order valence-corrected chi connectivity index (χ4v) is 4.65. The van der Waals surface area contributed by atoms with Gasteiger partial charge in [0.1, 0.15) is 11.5 Å². The average Bonchev–Trinajstić information content (AvgIpc) is 3.16. The van der Waals surface area contributed by atoms with Gasteiger partial charge in [-0.15, -0.1) is 0 Å². The molecule has 1 heterocycles. The largest absolute Gasteiger partial charge is 0.464 e. The molecule has 2 fully saturated rings. The molecule has 3 atom stereocenters. The Kier molecular flexibility index (Phi) is 4.61. The predicted molar refractivity (Wildman–Crippen MR) is 81.8 cm³/mol. The molecule has 0 aliphatic heterocycles. The van der Waals surface area contributed by atoms with Gasteiger partial charge in [0.25, 0.3) is 0 Å². The second-order valence-corrected chi connectivity index (χ2v) is 8.16. The Bertz CT molecular complexity index is 467. The van der Waals surface area contributed by atoms with Gasteiger partial charge in [0.05, 0.1) is 12.3 Å². The van der Waals surface area contributed by atoms with Crippen LogP contribution in [0.1, 0.15) is 57.0 Å². The first kappa shape index (κ1) is 14.3. The van der Waals surface area contributed by atoms with Crippen LogP contribution in [0, 0.1) is 5.92 Å². The van der Waals surface area contributed by atoms with Gasteiger partial charge in [-0.3, -0.25) is 4.21 Å². The van der Waals surface area contributed by atoms with Gasteiger partial charge in [0, 0.05) is 22.1 Å². The van der Waals surface area contributed by atoms with Crippen molar-refractivity contribution in [1.82, 2.24) is 5.32 Å². The molecule has 3 nitrogen and oxygen atoms in total. The van der Waals surface area contributed by atoms with Crippen LogP contribution in [0.3, 0.4) is 0 Å². The summed E-state index contributed by atoms with van der Waals surface area (Å²) in [4.78, 5) is 0. The zero-order valence-electron chi connectivity index (χ0n) is 12.3. The minimum Gasteiger partial charge on any atom is -0.464 e. The molecule has 3 rings (SSSR count). The molecule has 0 aromatic carbocycles. The summed E-state index contributed by atoms with van der Waals surface area (Å²) < 4.78 is 18.2. The molecule has 4 heteroatoms. The molecule has 2 saturated carbocycles. The molecule has 1 aromatic heterocycles. The summed E-state index contributed by atoms with van der Waals surface area (Å²) in [6, 6.07) is 4.71. The van der Waals surface area contributed by atoms with Gasteiger partial charge in [0.2, 0.25) is 0 Å². The summed E-state index contributed by atoms with van der Waals surface area (Å²) in [5, 5.41) is 3.81. The Balaban J connectivity index is 1.49. The number of rotatable bonds is 6. The molecule has 0 saturated heterocycles. The van der Waals surface area contributed by atoms with E-state index >= 15 is 0 Å². The molecule has 112 valence electrons. The summed E-state index contributed by atoms with van der Waals surface area (Å²) in [7, 11) is -0.779. The Morgan fingerprint density at radius 3 is 2.80 bits per heavy atom. The molecule has 2 aliphatic rings. The Labute approximate surface area is 124 Å². The molecule has 3 unspecified atom stereocenters. The van der Waals surface area contributed by atoms with Crippen LogP contribution in [0.25, 0.3) is 0 Å². The second-order valence-electron chi connectivity index (χ2n) is 6.44. The number of hydrogen-bond acceptors (Lipinski definition) is 3. The fourth-order valence-electron chi connectivity index (χ4n) is 3.00. The van der Waals surface area contributed by atoms with Crippen LogP contribution < -0.4 is 5.32 Å². The molecule has 0 bridgehead atoms. The minimum atomic E-state index is -0.779. The summed E-state index contributed by atoms with van der Waals surface area (Å²) in [6.07, 6.45) is 7.34. The van der Waals surface area contributed by atoms with Crippen molar-refractivity contribution in [2.24, 2.45) is 5.92 Å². The van der Waals surface area contributed by atoms with Crippen LogP contribution in [0.4, 0.5) is 0 Å². The maximum atomic E-state index is 12.4. The maximum Gasteiger partial charge on any atom is 0.118 e. The zero-order valence-corrected chi connectivity index (χ0v) is 13.1. The Morgan fingerprint density at radius 2 is 2.05 bits per heavy atom. The molecule has 0 spiro atoms. The molecular formula is C16H25NO2S. The third-order valence-electron chi connectivity index (χ3n) is 4.40. The van der Waals surface area contributed by atoms with Gasteiger partial charge in [-0.25, -0.2) is 0 Å². The van der Waals surface area contributed by atoms with Crippen LogP contribution in [-0.2, 0) is 23.1 Å². The van der Waals surface area contributed by atoms with Gasteiger partial charge in [-0.2, -0.15) is 0 Å². The lowest BCUT2D eigenvalue weighted by atomic mass is 9.91. The van der Waals surface area contributed by atoms with E-state index < -0.39 is 10.8 Å². The summed E-state index contributed by atoms with van der Waals surface area (Å²) in [5.41, 5.74) is 0. The predicted octanol–water partition coefficient (Wildman–Crippen LogP) is 3.36. The van der Waals surface area contributed by atoms with E-state index in [0.717, 1.165) is 36.8 Å². The molecule has 1 N–H and O–H groups in total. The van der Waals surface area contributed by atoms with E-state index in [1.54, 1.807) is 0 Å². The van der Waals surface area contributed by atoms with Gasteiger partial charge in [-0.1, -0.05) is 19.8 Å². The summed E-state index contributed by atoms with van der Waals surface area (Å²) >= 11 is 0. The monoisotopic (exact) mass is 295 g/mol. The number of furan rings is 1. The third kappa shape index (κ3) is 3.95. The topological polar surface area (TPSA) is 42.2 Å². The van der Waals surface area contributed by atoms with Gasteiger partial charge < -0.3 is 9.73 Å². The van der Waals surface area contributed by atoms with Crippen molar-refractivity contribution >= 4 is 10.8 Å². The molecule has 1 aromatic rings. The standard InChI is InChI=1S/C16H25NO2S/c1-12-3-2-4-16(9-12)20(18)11-15-8-7-14(19-15)10-17-13-5-6-13/h7-8,12-13,16-17H,2-6,9-11H2,1H3. The van der Waals surface area contributed by atoms with E-state index in [9.17, 15) is 4.21 Å². The lowest BCUT2D eigenvalue weighted by Crippen LogP contribution is -2.23. The maximum absolute atomic E-state index is 12.4. The summed E-state index contributed by atoms with van der Waals surface area (Å²) in [5.74, 6) is 3.17. The lowest BCUT2D eigenvalue weighted by Gasteiger charge is -2.25. The lowest BCUT2D eigenvalue weighted by molar-refractivity contribution is 0.388. The van der Waals surface area contributed by atoms with Crippen LogP contribution in [0.5, 0.6) is 0 Å². The van der Waals surface area contributed by atoms with Crippen molar-refractivity contribution in [3.8, 4) is 0 Å². The number of nitrogens with one attached hydrogen (secondary N) is 1. The van der Waals surface area contributed by atoms with E-state index in [0.29, 0.717) is 17.0 Å². The van der Waals surface area contributed by atoms with E-state index in [1.807, 2.05) is 12.1 Å². The Morgan fingerprint density at radius 1 is 1.25 bits per heavy atom. The van der Waals surface area contributed by atoms with Crippen molar-refractivity contribution in [2.75, 3.05) is 0 Å². The van der Waals surface area contributed by atoms with Crippen molar-refractivity contribution in [1.29, 1.82) is 0 Å². The van der Waals surface area contributed by atoms with Gasteiger partial charge in [0.15, 0.2) is 0 Å². The van der Waals surface area contributed by atoms with Gasteiger partial charge >= 0.3 is 0 Å². The fraction of sp³-hybridized carbons (Fsp3) is 0.750. The quantitative estimate of drug-likeness (QED) is 0.875. The molecule has 2 aliphatic carbocycles. The zero-order chi connectivity index (χ0) is 13.9. The van der Waals surface area contributed by atoms with E-state index in [1.165, 1.54) is 25.7 Å². The van der Waals surface area contributed by atoms with Crippen molar-refractivity contribution < 1.29 is 8.63 Å². The SMILES string of the molecule is CC1CCCC(S(=O)Cc2ccc(CNC3CC3)o2)C1. The van der Waals surface area contributed by atoms with E-state index in [4.69, 9.17) is 4.42 Å². The molecule has 20 heavy (non-hydrogen) atoms. The number of hydrogen-bond donors (Lipinski definition) is 1. The molecule has 0 radical (unpaired) electrons. The van der Waals surface area contributed by atoms with Gasteiger partial charge in [-0.05, 0) is 43.7 Å². The average molecular weight is 295 g/mol. The first-order valence-corrected chi connectivity index (χ1v) is 9.27. The highest BCUT2D eigenvalue weighted by Gasteiger charge is 2.25. The van der Waals surface area contributed by atoms with Crippen molar-refractivity contribution in [3.63, 3.8) is 0 Å². The first-order chi connectivity index (χ1) is 9.70. The smallest absolute Gasteiger partial charge is 0.118 e. The van der Waals surface area contributed by atoms with Crippen molar-refractivity contribution in [2.45, 2.75) is 69.0 Å². The highest BCUT2D eigenvalue weighted by atomic mass is 32.2. The minimum absolute atomic E-state index is 0.372. The van der Waals surface area contributed by atoms with Crippen molar-refractivity contribution in [3.05, 3.63) is 23.7 Å². The van der Waals surface area contributed by atoms with Crippen LogP contribution in [0.2, 0.25) is 0 Å². The highest BCUT2D eigenvalue weighted by Crippen LogP contribution is 2.28. The van der Waals surface area contributed by atoms with Crippen LogP contribution in [0.15, 0.2) is 16.5 Å². The van der Waals surface area contributed by atoms with E-state index in [-0.39, 0.29) is 0 Å². The second kappa shape index (κ2) is 6.44. The van der Waals surface area contributed by atoms with Crippen LogP contribution in [-0.4, -0.2) is 15.5 Å². The summed E-state index contributed by atoms with van der Waals surface area (Å²) in [6.45, 7) is 3.08. The molecular weight excluding hydrogens is 270 g/mol. The van der Waals surface area contributed by atoms with Crippen LogP contribution >= 0.6 is 0 Å².